The van der Waals surface area contributed by atoms with Crippen molar-refractivity contribution in [2.24, 2.45) is 0 Å². The fourth-order valence-corrected chi connectivity index (χ4v) is 1.25. The van der Waals surface area contributed by atoms with Crippen molar-refractivity contribution in [1.82, 2.24) is 0 Å². The molecule has 0 aliphatic rings. The van der Waals surface area contributed by atoms with Crippen molar-refractivity contribution in [3.05, 3.63) is 71.3 Å². The zero-order chi connectivity index (χ0) is 11.8. The molecule has 0 N–H and O–H groups in total. The van der Waals surface area contributed by atoms with Crippen molar-refractivity contribution in [3.63, 3.8) is 0 Å². The van der Waals surface area contributed by atoms with E-state index in [1.54, 1.807) is 6.07 Å². The number of hydrogen-bond donors (Lipinski definition) is 0. The lowest BCUT2D eigenvalue weighted by Crippen LogP contribution is -1.73. The van der Waals surface area contributed by atoms with Gasteiger partial charge in [-0.3, -0.25) is 0 Å². The minimum absolute atomic E-state index is 0.731. The maximum atomic E-state index is 8.41. The second-order valence-corrected chi connectivity index (χ2v) is 3.64. The smallest absolute Gasteiger partial charge is 0.0991 e. The van der Waals surface area contributed by atoms with Crippen LogP contribution in [0, 0.1) is 25.2 Å². The van der Waals surface area contributed by atoms with Gasteiger partial charge in [-0.05, 0) is 31.5 Å². The highest BCUT2D eigenvalue weighted by molar-refractivity contribution is 5.31. The summed E-state index contributed by atoms with van der Waals surface area (Å²) < 4.78 is 0. The number of rotatable bonds is 0. The van der Waals surface area contributed by atoms with Gasteiger partial charge < -0.3 is 0 Å². The highest BCUT2D eigenvalue weighted by Gasteiger charge is 1.86. The molecule has 2 aromatic carbocycles. The monoisotopic (exact) mass is 209 g/mol. The number of nitriles is 1. The molecule has 1 heteroatoms. The third kappa shape index (κ3) is 4.43. The molecule has 1 nitrogen and oxygen atoms in total. The van der Waals surface area contributed by atoms with Crippen LogP contribution < -0.4 is 0 Å². The van der Waals surface area contributed by atoms with E-state index in [1.807, 2.05) is 43.3 Å². The quantitative estimate of drug-likeness (QED) is 0.646. The molecule has 0 aliphatic carbocycles. The minimum Gasteiger partial charge on any atom is -0.192 e. The van der Waals surface area contributed by atoms with Gasteiger partial charge >= 0.3 is 0 Å². The first-order chi connectivity index (χ1) is 7.72. The average molecular weight is 209 g/mol. The molecule has 0 aliphatic heterocycles. The molecule has 0 heterocycles. The van der Waals surface area contributed by atoms with Gasteiger partial charge in [-0.1, -0.05) is 48.0 Å². The zero-order valence-electron chi connectivity index (χ0n) is 9.64. The van der Waals surface area contributed by atoms with Crippen LogP contribution in [0.2, 0.25) is 0 Å². The summed E-state index contributed by atoms with van der Waals surface area (Å²) >= 11 is 0. The van der Waals surface area contributed by atoms with Crippen molar-refractivity contribution in [1.29, 1.82) is 5.26 Å². The van der Waals surface area contributed by atoms with Gasteiger partial charge in [0.15, 0.2) is 0 Å². The van der Waals surface area contributed by atoms with Crippen LogP contribution in [-0.4, -0.2) is 0 Å². The lowest BCUT2D eigenvalue weighted by Gasteiger charge is -1.88. The number of benzene rings is 2. The lowest BCUT2D eigenvalue weighted by molar-refractivity contribution is 1.42. The van der Waals surface area contributed by atoms with Crippen LogP contribution in [0.15, 0.2) is 54.6 Å². The molecular weight excluding hydrogens is 194 g/mol. The van der Waals surface area contributed by atoms with Crippen molar-refractivity contribution in [3.8, 4) is 6.07 Å². The van der Waals surface area contributed by atoms with E-state index in [0.29, 0.717) is 0 Å². The molecule has 0 saturated carbocycles. The Hall–Kier alpha value is -2.07. The molecule has 16 heavy (non-hydrogen) atoms. The highest BCUT2D eigenvalue weighted by Crippen LogP contribution is 2.00. The summed E-state index contributed by atoms with van der Waals surface area (Å²) in [6, 6.07) is 19.8. The van der Waals surface area contributed by atoms with Crippen LogP contribution in [0.3, 0.4) is 0 Å². The van der Waals surface area contributed by atoms with Gasteiger partial charge in [0.1, 0.15) is 0 Å². The van der Waals surface area contributed by atoms with Gasteiger partial charge in [-0.2, -0.15) is 5.26 Å². The second kappa shape index (κ2) is 6.42. The first kappa shape index (κ1) is 12.0. The highest BCUT2D eigenvalue weighted by atomic mass is 14.2. The fraction of sp³-hybridized carbons (Fsp3) is 0.133. The summed E-state index contributed by atoms with van der Waals surface area (Å²) in [4.78, 5) is 0. The third-order valence-electron chi connectivity index (χ3n) is 2.09. The summed E-state index contributed by atoms with van der Waals surface area (Å²) in [6.45, 7) is 4.06. The van der Waals surface area contributed by atoms with Gasteiger partial charge in [-0.25, -0.2) is 0 Å². The maximum Gasteiger partial charge on any atom is 0.0991 e. The Morgan fingerprint density at radius 3 is 1.81 bits per heavy atom. The standard InChI is InChI=1S/C8H7N.C7H8/c1-7-3-2-4-8(5-7)6-9;1-7-5-3-2-4-6-7/h2-5H,1H3;2-6H,1H3. The molecular formula is C15H15N. The van der Waals surface area contributed by atoms with Crippen LogP contribution in [0.4, 0.5) is 0 Å². The summed E-state index contributed by atoms with van der Waals surface area (Å²) in [5, 5.41) is 8.41. The van der Waals surface area contributed by atoms with E-state index in [1.165, 1.54) is 5.56 Å². The molecule has 0 saturated heterocycles. The molecule has 0 unspecified atom stereocenters. The normalized spacial score (nSPS) is 8.56. The maximum absolute atomic E-state index is 8.41. The molecule has 0 aromatic heterocycles. The largest absolute Gasteiger partial charge is 0.192 e. The van der Waals surface area contributed by atoms with Gasteiger partial charge in [0.05, 0.1) is 11.6 Å². The van der Waals surface area contributed by atoms with E-state index in [2.05, 4.69) is 25.1 Å². The lowest BCUT2D eigenvalue weighted by atomic mass is 10.2. The first-order valence-corrected chi connectivity index (χ1v) is 5.21. The van der Waals surface area contributed by atoms with Crippen LogP contribution in [-0.2, 0) is 0 Å². The Morgan fingerprint density at radius 2 is 1.44 bits per heavy atom. The van der Waals surface area contributed by atoms with E-state index in [-0.39, 0.29) is 0 Å². The molecule has 0 amide bonds. The molecule has 0 spiro atoms. The molecule has 0 atom stereocenters. The Morgan fingerprint density at radius 1 is 0.812 bits per heavy atom. The topological polar surface area (TPSA) is 23.8 Å². The Labute approximate surface area is 97.0 Å². The number of nitrogens with zero attached hydrogens (tertiary/aromatic N) is 1. The van der Waals surface area contributed by atoms with Crippen LogP contribution >= 0.6 is 0 Å². The van der Waals surface area contributed by atoms with Gasteiger partial charge in [0.2, 0.25) is 0 Å². The molecule has 2 aromatic rings. The summed E-state index contributed by atoms with van der Waals surface area (Å²) in [5.74, 6) is 0. The first-order valence-electron chi connectivity index (χ1n) is 5.21. The third-order valence-corrected chi connectivity index (χ3v) is 2.09. The van der Waals surface area contributed by atoms with Gasteiger partial charge in [0.25, 0.3) is 0 Å². The number of aryl methyl sites for hydroxylation is 2. The predicted molar refractivity (Wildman–Crippen MR) is 67.1 cm³/mol. The summed E-state index contributed by atoms with van der Waals surface area (Å²) in [7, 11) is 0. The van der Waals surface area contributed by atoms with E-state index in [4.69, 9.17) is 5.26 Å². The summed E-state index contributed by atoms with van der Waals surface area (Å²) in [5.41, 5.74) is 3.19. The van der Waals surface area contributed by atoms with Gasteiger partial charge in [-0.15, -0.1) is 0 Å². The van der Waals surface area contributed by atoms with Crippen LogP contribution in [0.5, 0.6) is 0 Å². The van der Waals surface area contributed by atoms with E-state index in [9.17, 15) is 0 Å². The zero-order valence-corrected chi connectivity index (χ0v) is 9.64. The van der Waals surface area contributed by atoms with Crippen LogP contribution in [0.25, 0.3) is 0 Å². The predicted octanol–water partition coefficient (Wildman–Crippen LogP) is 3.86. The molecule has 0 fully saturated rings. The fourth-order valence-electron chi connectivity index (χ4n) is 1.25. The van der Waals surface area contributed by atoms with Crippen molar-refractivity contribution < 1.29 is 0 Å². The molecule has 2 rings (SSSR count). The molecule has 0 bridgehead atoms. The minimum atomic E-state index is 0.731. The van der Waals surface area contributed by atoms with Crippen molar-refractivity contribution in [2.45, 2.75) is 13.8 Å². The molecule has 0 radical (unpaired) electrons. The van der Waals surface area contributed by atoms with E-state index < -0.39 is 0 Å². The van der Waals surface area contributed by atoms with Crippen LogP contribution in [0.1, 0.15) is 16.7 Å². The van der Waals surface area contributed by atoms with E-state index in [0.717, 1.165) is 11.1 Å². The van der Waals surface area contributed by atoms with E-state index >= 15 is 0 Å². The Balaban J connectivity index is 0.000000165. The average Bonchev–Trinajstić information content (AvgIpc) is 2.31. The van der Waals surface area contributed by atoms with Gasteiger partial charge in [0, 0.05) is 0 Å². The second-order valence-electron chi connectivity index (χ2n) is 3.64. The Bertz CT molecular complexity index is 466. The number of hydrogen-bond acceptors (Lipinski definition) is 1. The SMILES string of the molecule is Cc1cccc(C#N)c1.Cc1ccccc1. The van der Waals surface area contributed by atoms with Crippen molar-refractivity contribution >= 4 is 0 Å². The molecule has 80 valence electrons. The summed E-state index contributed by atoms with van der Waals surface area (Å²) in [6.07, 6.45) is 0. The van der Waals surface area contributed by atoms with Crippen molar-refractivity contribution in [2.75, 3.05) is 0 Å². The Kier molecular flexibility index (Phi) is 4.82.